The van der Waals surface area contributed by atoms with Crippen molar-refractivity contribution >= 4 is 6.29 Å². The molecule has 2 N–H and O–H groups in total. The van der Waals surface area contributed by atoms with Gasteiger partial charge in [-0.05, 0) is 18.1 Å². The van der Waals surface area contributed by atoms with E-state index in [0.717, 1.165) is 5.69 Å². The minimum Gasteiger partial charge on any atom is -0.507 e. The molecule has 0 unspecified atom stereocenters. The van der Waals surface area contributed by atoms with Gasteiger partial charge in [0, 0.05) is 11.3 Å². The quantitative estimate of drug-likeness (QED) is 0.797. The number of hydrogen-bond acceptors (Lipinski definition) is 3. The van der Waals surface area contributed by atoms with E-state index in [0.29, 0.717) is 17.5 Å². The summed E-state index contributed by atoms with van der Waals surface area (Å²) >= 11 is 0. The van der Waals surface area contributed by atoms with Gasteiger partial charge in [-0.25, -0.2) is 4.98 Å². The van der Waals surface area contributed by atoms with Crippen LogP contribution in [0.5, 0.6) is 5.75 Å². The molecular weight excluding hydrogens is 216 g/mol. The number of benzene rings is 1. The number of aromatic amines is 1. The average molecular weight is 230 g/mol. The van der Waals surface area contributed by atoms with Crippen molar-refractivity contribution in [3.05, 3.63) is 35.8 Å². The topological polar surface area (TPSA) is 66.0 Å². The number of para-hydroxylation sites is 1. The first-order chi connectivity index (χ1) is 8.13. The van der Waals surface area contributed by atoms with Crippen LogP contribution in [0.25, 0.3) is 11.3 Å². The highest BCUT2D eigenvalue weighted by Gasteiger charge is 2.16. The molecule has 2 rings (SSSR count). The first-order valence-electron chi connectivity index (χ1n) is 5.47. The summed E-state index contributed by atoms with van der Waals surface area (Å²) in [6.07, 6.45) is 0.676. The minimum absolute atomic E-state index is 0.165. The van der Waals surface area contributed by atoms with Crippen molar-refractivity contribution in [3.8, 4) is 17.0 Å². The molecule has 88 valence electrons. The number of carbonyl (C=O) groups excluding carboxylic acids is 1. The fourth-order valence-corrected chi connectivity index (χ4v) is 1.76. The van der Waals surface area contributed by atoms with Crippen LogP contribution in [0.3, 0.4) is 0 Å². The third-order valence-corrected chi connectivity index (χ3v) is 2.60. The maximum atomic E-state index is 10.8. The number of imidazole rings is 1. The van der Waals surface area contributed by atoms with Crippen molar-refractivity contribution in [3.63, 3.8) is 0 Å². The maximum Gasteiger partial charge on any atom is 0.185 e. The summed E-state index contributed by atoms with van der Waals surface area (Å²) in [5.41, 5.74) is 2.13. The van der Waals surface area contributed by atoms with Gasteiger partial charge in [-0.15, -0.1) is 0 Å². The lowest BCUT2D eigenvalue weighted by molar-refractivity contribution is 0.111. The highest BCUT2D eigenvalue weighted by Crippen LogP contribution is 2.32. The summed E-state index contributed by atoms with van der Waals surface area (Å²) in [5.74, 6) is 0.649. The van der Waals surface area contributed by atoms with E-state index in [1.54, 1.807) is 18.2 Å². The Hall–Kier alpha value is -2.10. The first kappa shape index (κ1) is 11.4. The predicted octanol–water partition coefficient (Wildman–Crippen LogP) is 2.72. The molecule has 0 fully saturated rings. The molecule has 1 aromatic heterocycles. The van der Waals surface area contributed by atoms with Gasteiger partial charge < -0.3 is 10.1 Å². The molecule has 0 saturated carbocycles. The first-order valence-corrected chi connectivity index (χ1v) is 5.47. The van der Waals surface area contributed by atoms with Crippen LogP contribution in [0.1, 0.15) is 36.1 Å². The van der Waals surface area contributed by atoms with Crippen LogP contribution in [0.2, 0.25) is 0 Å². The second-order valence-electron chi connectivity index (χ2n) is 4.17. The number of nitrogens with one attached hydrogen (secondary N) is 1. The van der Waals surface area contributed by atoms with Gasteiger partial charge in [0.1, 0.15) is 5.75 Å². The van der Waals surface area contributed by atoms with Crippen molar-refractivity contribution in [2.24, 2.45) is 0 Å². The SMILES string of the molecule is CC(C)c1[nH]c(C=O)nc1-c1ccccc1O. The number of nitrogens with zero attached hydrogens (tertiary/aromatic N) is 1. The molecule has 1 heterocycles. The van der Waals surface area contributed by atoms with Gasteiger partial charge in [0.25, 0.3) is 0 Å². The van der Waals surface area contributed by atoms with Gasteiger partial charge in [-0.2, -0.15) is 0 Å². The Balaban J connectivity index is 2.62. The molecule has 0 radical (unpaired) electrons. The Labute approximate surface area is 99.3 Å². The van der Waals surface area contributed by atoms with Gasteiger partial charge in [-0.3, -0.25) is 4.79 Å². The predicted molar refractivity (Wildman–Crippen MR) is 65.2 cm³/mol. The van der Waals surface area contributed by atoms with Gasteiger partial charge in [-0.1, -0.05) is 26.0 Å². The van der Waals surface area contributed by atoms with Gasteiger partial charge in [0.2, 0.25) is 0 Å². The van der Waals surface area contributed by atoms with E-state index in [1.165, 1.54) is 0 Å². The van der Waals surface area contributed by atoms with Crippen LogP contribution in [-0.4, -0.2) is 21.4 Å². The Morgan fingerprint density at radius 1 is 1.35 bits per heavy atom. The summed E-state index contributed by atoms with van der Waals surface area (Å²) in [5, 5.41) is 9.81. The Bertz CT molecular complexity index is 544. The molecule has 0 bridgehead atoms. The van der Waals surface area contributed by atoms with Crippen LogP contribution in [0, 0.1) is 0 Å². The zero-order chi connectivity index (χ0) is 12.4. The van der Waals surface area contributed by atoms with E-state index in [4.69, 9.17) is 0 Å². The van der Waals surface area contributed by atoms with Crippen LogP contribution >= 0.6 is 0 Å². The molecular formula is C13H14N2O2. The second-order valence-corrected chi connectivity index (χ2v) is 4.17. The van der Waals surface area contributed by atoms with Gasteiger partial charge in [0.05, 0.1) is 5.69 Å². The van der Waals surface area contributed by atoms with E-state index in [1.807, 2.05) is 19.9 Å². The fourth-order valence-electron chi connectivity index (χ4n) is 1.76. The van der Waals surface area contributed by atoms with Crippen molar-refractivity contribution in [1.29, 1.82) is 0 Å². The number of carbonyl (C=O) groups is 1. The molecule has 0 saturated heterocycles. The number of aromatic hydroxyl groups is 1. The lowest BCUT2D eigenvalue weighted by Gasteiger charge is -2.06. The van der Waals surface area contributed by atoms with E-state index in [-0.39, 0.29) is 17.5 Å². The summed E-state index contributed by atoms with van der Waals surface area (Å²) in [4.78, 5) is 17.9. The monoisotopic (exact) mass is 230 g/mol. The fraction of sp³-hybridized carbons (Fsp3) is 0.231. The zero-order valence-corrected chi connectivity index (χ0v) is 9.77. The summed E-state index contributed by atoms with van der Waals surface area (Å²) < 4.78 is 0. The lowest BCUT2D eigenvalue weighted by Crippen LogP contribution is -1.91. The number of phenols is 1. The molecule has 2 aromatic rings. The Morgan fingerprint density at radius 2 is 2.06 bits per heavy atom. The smallest absolute Gasteiger partial charge is 0.185 e. The molecule has 0 aliphatic rings. The van der Waals surface area contributed by atoms with Crippen LogP contribution < -0.4 is 0 Å². The molecule has 4 nitrogen and oxygen atoms in total. The number of hydrogen-bond donors (Lipinski definition) is 2. The largest absolute Gasteiger partial charge is 0.507 e. The number of aromatic nitrogens is 2. The van der Waals surface area contributed by atoms with E-state index < -0.39 is 0 Å². The molecule has 4 heteroatoms. The Morgan fingerprint density at radius 3 is 2.65 bits per heavy atom. The summed E-state index contributed by atoms with van der Waals surface area (Å²) in [6, 6.07) is 6.97. The number of rotatable bonds is 3. The molecule has 0 atom stereocenters. The van der Waals surface area contributed by atoms with E-state index >= 15 is 0 Å². The van der Waals surface area contributed by atoms with Crippen molar-refractivity contribution in [1.82, 2.24) is 9.97 Å². The molecule has 17 heavy (non-hydrogen) atoms. The van der Waals surface area contributed by atoms with E-state index in [9.17, 15) is 9.90 Å². The summed E-state index contributed by atoms with van der Waals surface area (Å²) in [6.45, 7) is 4.01. The lowest BCUT2D eigenvalue weighted by atomic mass is 10.0. The van der Waals surface area contributed by atoms with Gasteiger partial charge >= 0.3 is 0 Å². The number of phenolic OH excluding ortho intramolecular Hbond substituents is 1. The van der Waals surface area contributed by atoms with Crippen molar-refractivity contribution < 1.29 is 9.90 Å². The minimum atomic E-state index is 0.165. The third-order valence-electron chi connectivity index (χ3n) is 2.60. The normalized spacial score (nSPS) is 10.8. The highest BCUT2D eigenvalue weighted by atomic mass is 16.3. The number of H-pyrrole nitrogens is 1. The molecule has 1 aromatic carbocycles. The maximum absolute atomic E-state index is 10.8. The third kappa shape index (κ3) is 2.06. The zero-order valence-electron chi connectivity index (χ0n) is 9.77. The standard InChI is InChI=1S/C13H14N2O2/c1-8(2)12-13(15-11(7-16)14-12)9-5-3-4-6-10(9)17/h3-8,17H,1-2H3,(H,14,15). The summed E-state index contributed by atoms with van der Waals surface area (Å²) in [7, 11) is 0. The Kier molecular flexibility index (Phi) is 2.95. The molecule has 0 spiro atoms. The van der Waals surface area contributed by atoms with Crippen LogP contribution in [-0.2, 0) is 0 Å². The average Bonchev–Trinajstić information content (AvgIpc) is 2.73. The molecule has 0 aliphatic carbocycles. The molecule has 0 aliphatic heterocycles. The van der Waals surface area contributed by atoms with Crippen LogP contribution in [0.4, 0.5) is 0 Å². The van der Waals surface area contributed by atoms with Crippen molar-refractivity contribution in [2.75, 3.05) is 0 Å². The highest BCUT2D eigenvalue weighted by molar-refractivity contribution is 5.75. The second kappa shape index (κ2) is 4.41. The molecule has 0 amide bonds. The number of aldehydes is 1. The van der Waals surface area contributed by atoms with Crippen LogP contribution in [0.15, 0.2) is 24.3 Å². The van der Waals surface area contributed by atoms with E-state index in [2.05, 4.69) is 9.97 Å². The van der Waals surface area contributed by atoms with Crippen molar-refractivity contribution in [2.45, 2.75) is 19.8 Å². The van der Waals surface area contributed by atoms with Gasteiger partial charge in [0.15, 0.2) is 12.1 Å².